The zero-order valence-corrected chi connectivity index (χ0v) is 19.3. The Morgan fingerprint density at radius 2 is 1.91 bits per heavy atom. The standard InChI is InChI=1S/C24H20ClF3N2O2S/c1-14-11-15(12-23(31)32-2)7-8-16(14)20-9-10-21(33-20)19(13-22(29)24(26,27)28)30-18-6-4-3-5-17(18)25/h3-11,13,29-30H,12H2,1-2H3/b19-13-,29-22?. The summed E-state index contributed by atoms with van der Waals surface area (Å²) in [5.41, 5.74) is 1.68. The van der Waals surface area contributed by atoms with Crippen LogP contribution in [0.1, 0.15) is 16.0 Å². The van der Waals surface area contributed by atoms with Crippen LogP contribution in [0.4, 0.5) is 18.9 Å². The first-order valence-electron chi connectivity index (χ1n) is 9.74. The van der Waals surface area contributed by atoms with Crippen molar-refractivity contribution in [3.05, 3.63) is 81.7 Å². The largest absolute Gasteiger partial charge is 0.469 e. The molecule has 0 unspecified atom stereocenters. The molecule has 0 saturated heterocycles. The van der Waals surface area contributed by atoms with Gasteiger partial charge in [-0.1, -0.05) is 41.9 Å². The minimum absolute atomic E-state index is 0.113. The van der Waals surface area contributed by atoms with E-state index in [4.69, 9.17) is 21.7 Å². The molecule has 4 nitrogen and oxygen atoms in total. The number of alkyl halides is 3. The van der Waals surface area contributed by atoms with Gasteiger partial charge in [-0.3, -0.25) is 10.2 Å². The van der Waals surface area contributed by atoms with Crippen molar-refractivity contribution in [1.82, 2.24) is 0 Å². The fraction of sp³-hybridized carbons (Fsp3) is 0.167. The van der Waals surface area contributed by atoms with E-state index in [1.807, 2.05) is 31.2 Å². The van der Waals surface area contributed by atoms with Gasteiger partial charge in [0.25, 0.3) is 0 Å². The van der Waals surface area contributed by atoms with Crippen LogP contribution in [0.25, 0.3) is 16.1 Å². The smallest absolute Gasteiger partial charge is 0.432 e. The monoisotopic (exact) mass is 492 g/mol. The Hall–Kier alpha value is -3.10. The molecule has 172 valence electrons. The molecule has 0 aliphatic rings. The summed E-state index contributed by atoms with van der Waals surface area (Å²) < 4.78 is 43.9. The number of para-hydroxylation sites is 1. The quantitative estimate of drug-likeness (QED) is 0.272. The van der Waals surface area contributed by atoms with Gasteiger partial charge in [0.15, 0.2) is 0 Å². The van der Waals surface area contributed by atoms with Gasteiger partial charge in [0.2, 0.25) is 0 Å². The van der Waals surface area contributed by atoms with Crippen molar-refractivity contribution in [3.8, 4) is 10.4 Å². The minimum Gasteiger partial charge on any atom is -0.469 e. The molecule has 9 heteroatoms. The van der Waals surface area contributed by atoms with Crippen LogP contribution in [0, 0.1) is 12.3 Å². The molecule has 0 amide bonds. The second-order valence-corrected chi connectivity index (χ2v) is 8.63. The van der Waals surface area contributed by atoms with Crippen molar-refractivity contribution >= 4 is 46.0 Å². The maximum Gasteiger partial charge on any atom is 0.432 e. The van der Waals surface area contributed by atoms with Gasteiger partial charge >= 0.3 is 12.1 Å². The highest BCUT2D eigenvalue weighted by atomic mass is 35.5. The van der Waals surface area contributed by atoms with Gasteiger partial charge in [-0.15, -0.1) is 11.3 Å². The number of hydrogen-bond donors (Lipinski definition) is 2. The molecule has 3 aromatic rings. The topological polar surface area (TPSA) is 62.2 Å². The molecule has 0 spiro atoms. The highest BCUT2D eigenvalue weighted by Gasteiger charge is 2.33. The third kappa shape index (κ3) is 6.24. The van der Waals surface area contributed by atoms with E-state index in [1.54, 1.807) is 30.3 Å². The molecule has 0 aliphatic heterocycles. The van der Waals surface area contributed by atoms with E-state index >= 15 is 0 Å². The predicted molar refractivity (Wildman–Crippen MR) is 127 cm³/mol. The number of allylic oxidation sites excluding steroid dienone is 1. The molecule has 1 aromatic heterocycles. The van der Waals surface area contributed by atoms with Crippen LogP contribution in [0.15, 0.2) is 60.7 Å². The number of nitrogens with one attached hydrogen (secondary N) is 2. The predicted octanol–water partition coefficient (Wildman–Crippen LogP) is 7.13. The first-order valence-corrected chi connectivity index (χ1v) is 10.9. The van der Waals surface area contributed by atoms with Crippen LogP contribution in [0.2, 0.25) is 5.02 Å². The Morgan fingerprint density at radius 3 is 2.55 bits per heavy atom. The molecule has 0 radical (unpaired) electrons. The van der Waals surface area contributed by atoms with Gasteiger partial charge in [-0.2, -0.15) is 13.2 Å². The SMILES string of the molecule is COC(=O)Cc1ccc(-c2ccc(/C(=C/C(=N)C(F)(F)F)Nc3ccccc3Cl)s2)c(C)c1. The molecule has 2 aromatic carbocycles. The first kappa shape index (κ1) is 24.5. The summed E-state index contributed by atoms with van der Waals surface area (Å²) >= 11 is 7.45. The van der Waals surface area contributed by atoms with Crippen molar-refractivity contribution in [2.45, 2.75) is 19.5 Å². The maximum atomic E-state index is 13.1. The number of carbonyl (C=O) groups is 1. The average Bonchev–Trinajstić information content (AvgIpc) is 3.23. The summed E-state index contributed by atoms with van der Waals surface area (Å²) in [7, 11) is 1.33. The van der Waals surface area contributed by atoms with Gasteiger partial charge < -0.3 is 10.1 Å². The summed E-state index contributed by atoms with van der Waals surface area (Å²) in [6.45, 7) is 1.90. The lowest BCUT2D eigenvalue weighted by atomic mass is 10.0. The van der Waals surface area contributed by atoms with Crippen molar-refractivity contribution < 1.29 is 22.7 Å². The number of carbonyl (C=O) groups excluding carboxylic acids is 1. The van der Waals surface area contributed by atoms with Gasteiger partial charge in [0, 0.05) is 4.88 Å². The number of halogens is 4. The summed E-state index contributed by atoms with van der Waals surface area (Å²) in [5, 5.41) is 10.7. The summed E-state index contributed by atoms with van der Waals surface area (Å²) in [6.07, 6.45) is -3.87. The van der Waals surface area contributed by atoms with Crippen molar-refractivity contribution in [1.29, 1.82) is 5.41 Å². The Labute approximate surface area is 198 Å². The van der Waals surface area contributed by atoms with E-state index in [9.17, 15) is 18.0 Å². The zero-order chi connectivity index (χ0) is 24.2. The van der Waals surface area contributed by atoms with E-state index in [1.165, 1.54) is 18.4 Å². The van der Waals surface area contributed by atoms with Crippen LogP contribution in [0.3, 0.4) is 0 Å². The number of benzene rings is 2. The van der Waals surface area contributed by atoms with Gasteiger partial charge in [-0.25, -0.2) is 0 Å². The van der Waals surface area contributed by atoms with E-state index in [0.717, 1.165) is 27.6 Å². The second-order valence-electron chi connectivity index (χ2n) is 7.14. The Kier molecular flexibility index (Phi) is 7.61. The fourth-order valence-corrected chi connectivity index (χ4v) is 4.33. The van der Waals surface area contributed by atoms with Crippen LogP contribution in [-0.4, -0.2) is 25.0 Å². The van der Waals surface area contributed by atoms with E-state index in [0.29, 0.717) is 15.6 Å². The molecule has 33 heavy (non-hydrogen) atoms. The zero-order valence-electron chi connectivity index (χ0n) is 17.7. The van der Waals surface area contributed by atoms with Crippen LogP contribution in [0.5, 0.6) is 0 Å². The minimum atomic E-state index is -4.78. The maximum absolute atomic E-state index is 13.1. The summed E-state index contributed by atoms with van der Waals surface area (Å²) in [4.78, 5) is 12.9. The molecular formula is C24H20ClF3N2O2S. The lowest BCUT2D eigenvalue weighted by molar-refractivity contribution is -0.139. The van der Waals surface area contributed by atoms with Gasteiger partial charge in [0.05, 0.1) is 34.8 Å². The van der Waals surface area contributed by atoms with E-state index in [2.05, 4.69) is 5.32 Å². The molecule has 0 aliphatic carbocycles. The average molecular weight is 493 g/mol. The Bertz CT molecular complexity index is 1220. The molecule has 3 rings (SSSR count). The number of aryl methyl sites for hydroxylation is 1. The highest BCUT2D eigenvalue weighted by molar-refractivity contribution is 7.16. The number of rotatable bonds is 7. The molecule has 0 fully saturated rings. The Balaban J connectivity index is 1.96. The molecule has 1 heterocycles. The number of anilines is 1. The lowest BCUT2D eigenvalue weighted by Crippen LogP contribution is -2.20. The molecule has 2 N–H and O–H groups in total. The Morgan fingerprint density at radius 1 is 1.18 bits per heavy atom. The van der Waals surface area contributed by atoms with Gasteiger partial charge in [-0.05, 0) is 54.0 Å². The number of esters is 1. The normalized spacial score (nSPS) is 11.9. The third-order valence-corrected chi connectivity index (χ3v) is 6.22. The number of ether oxygens (including phenoxy) is 1. The van der Waals surface area contributed by atoms with Crippen LogP contribution in [-0.2, 0) is 16.0 Å². The summed E-state index contributed by atoms with van der Waals surface area (Å²) in [5.74, 6) is -0.340. The van der Waals surface area contributed by atoms with Crippen molar-refractivity contribution in [2.24, 2.45) is 0 Å². The first-order chi connectivity index (χ1) is 15.6. The lowest BCUT2D eigenvalue weighted by Gasteiger charge is -2.13. The highest BCUT2D eigenvalue weighted by Crippen LogP contribution is 2.36. The van der Waals surface area contributed by atoms with Crippen LogP contribution < -0.4 is 5.32 Å². The van der Waals surface area contributed by atoms with Crippen molar-refractivity contribution in [3.63, 3.8) is 0 Å². The third-order valence-electron chi connectivity index (χ3n) is 4.74. The molecular weight excluding hydrogens is 473 g/mol. The molecule has 0 bridgehead atoms. The number of methoxy groups -OCH3 is 1. The van der Waals surface area contributed by atoms with E-state index < -0.39 is 11.9 Å². The van der Waals surface area contributed by atoms with E-state index in [-0.39, 0.29) is 18.1 Å². The fourth-order valence-electron chi connectivity index (χ4n) is 3.08. The summed E-state index contributed by atoms with van der Waals surface area (Å²) in [6, 6.07) is 15.8. The van der Waals surface area contributed by atoms with Crippen LogP contribution >= 0.6 is 22.9 Å². The number of thiophene rings is 1. The van der Waals surface area contributed by atoms with Crippen molar-refractivity contribution in [2.75, 3.05) is 12.4 Å². The van der Waals surface area contributed by atoms with Gasteiger partial charge in [0.1, 0.15) is 5.71 Å². The molecule has 0 saturated carbocycles. The number of hydrogen-bond acceptors (Lipinski definition) is 5. The second kappa shape index (κ2) is 10.2. The molecule has 0 atom stereocenters.